The van der Waals surface area contributed by atoms with Crippen LogP contribution < -0.4 is 9.80 Å². The van der Waals surface area contributed by atoms with E-state index in [0.717, 1.165) is 5.69 Å². The molecule has 0 spiro atoms. The molecule has 2 aliphatic rings. The first kappa shape index (κ1) is 22.2. The highest BCUT2D eigenvalue weighted by atomic mass is 35.5. The van der Waals surface area contributed by atoms with Crippen LogP contribution in [0.2, 0.25) is 5.02 Å². The van der Waals surface area contributed by atoms with E-state index in [2.05, 4.69) is 11.6 Å². The third-order valence-electron chi connectivity index (χ3n) is 6.48. The summed E-state index contributed by atoms with van der Waals surface area (Å²) in [6, 6.07) is 6.88. The van der Waals surface area contributed by atoms with Crippen LogP contribution in [0.25, 0.3) is 22.0 Å². The summed E-state index contributed by atoms with van der Waals surface area (Å²) in [5, 5.41) is 11.2. The minimum atomic E-state index is -0.593. The SMILES string of the molecule is C=CC(=O)N1CCN2c3c(cnc4cc(-c5c(O)cccc5F)c(Cl)cc34)N(CC)C(=O)[C@H]2C1. The Morgan fingerprint density at radius 3 is 2.85 bits per heavy atom. The van der Waals surface area contributed by atoms with Crippen LogP contribution in [0.4, 0.5) is 15.8 Å². The van der Waals surface area contributed by atoms with Crippen molar-refractivity contribution in [3.05, 3.63) is 60.0 Å². The van der Waals surface area contributed by atoms with Gasteiger partial charge in [0.05, 0.1) is 35.2 Å². The topological polar surface area (TPSA) is 77.0 Å². The number of phenols is 1. The monoisotopic (exact) mass is 480 g/mol. The molecule has 0 aliphatic carbocycles. The average Bonchev–Trinajstić information content (AvgIpc) is 2.83. The molecule has 0 saturated carbocycles. The number of pyridine rings is 1. The van der Waals surface area contributed by atoms with Crippen molar-refractivity contribution in [1.82, 2.24) is 9.88 Å². The van der Waals surface area contributed by atoms with Gasteiger partial charge in [-0.15, -0.1) is 0 Å². The highest BCUT2D eigenvalue weighted by Crippen LogP contribution is 2.45. The molecule has 2 amide bonds. The third kappa shape index (κ3) is 3.28. The highest BCUT2D eigenvalue weighted by Gasteiger charge is 2.42. The van der Waals surface area contributed by atoms with Gasteiger partial charge in [0.25, 0.3) is 5.91 Å². The summed E-state index contributed by atoms with van der Waals surface area (Å²) in [6.45, 7) is 7.02. The Morgan fingerprint density at radius 1 is 1.35 bits per heavy atom. The van der Waals surface area contributed by atoms with E-state index in [4.69, 9.17) is 11.6 Å². The standard InChI is InChI=1S/C25H22ClFN4O3/c1-3-22(33)29-8-9-31-20(13-29)25(34)30(4-2)19-12-28-18-11-14(16(26)10-15(18)24(19)31)23-17(27)6-5-7-21(23)32/h3,5-7,10-12,20,32H,1,4,8-9,13H2,2H3/t20-/m1/s1. The Kier molecular flexibility index (Phi) is 5.40. The van der Waals surface area contributed by atoms with Crippen LogP contribution in [0.15, 0.2) is 49.2 Å². The number of likely N-dealkylation sites (N-methyl/N-ethyl adjacent to an activating group) is 1. The van der Waals surface area contributed by atoms with Gasteiger partial charge in [0.2, 0.25) is 5.91 Å². The maximum absolute atomic E-state index is 14.6. The molecule has 7 nitrogen and oxygen atoms in total. The first-order valence-corrected chi connectivity index (χ1v) is 11.3. The number of fused-ring (bicyclic) bond motifs is 5. The number of nitrogens with zero attached hydrogens (tertiary/aromatic N) is 4. The normalized spacial score (nSPS) is 17.6. The Balaban J connectivity index is 1.69. The van der Waals surface area contributed by atoms with Crippen molar-refractivity contribution >= 4 is 45.7 Å². The fraction of sp³-hybridized carbons (Fsp3) is 0.240. The minimum Gasteiger partial charge on any atom is -0.507 e. The zero-order chi connectivity index (χ0) is 24.1. The maximum Gasteiger partial charge on any atom is 0.251 e. The quantitative estimate of drug-likeness (QED) is 0.574. The molecule has 0 radical (unpaired) electrons. The number of rotatable bonds is 3. The van der Waals surface area contributed by atoms with Crippen molar-refractivity contribution < 1.29 is 19.1 Å². The van der Waals surface area contributed by atoms with Gasteiger partial charge in [-0.25, -0.2) is 4.39 Å². The predicted octanol–water partition coefficient (Wildman–Crippen LogP) is 3.97. The molecule has 3 aromatic rings. The number of aromatic hydroxyl groups is 1. The third-order valence-corrected chi connectivity index (χ3v) is 6.79. The fourth-order valence-corrected chi connectivity index (χ4v) is 5.13. The second-order valence-electron chi connectivity index (χ2n) is 8.26. The summed E-state index contributed by atoms with van der Waals surface area (Å²) in [5.74, 6) is -1.12. The Labute approximate surface area is 200 Å². The maximum atomic E-state index is 14.6. The van der Waals surface area contributed by atoms with E-state index < -0.39 is 11.9 Å². The van der Waals surface area contributed by atoms with Crippen molar-refractivity contribution in [1.29, 1.82) is 0 Å². The molecular formula is C25H22ClFN4O3. The molecule has 1 N–H and O–H groups in total. The number of hydrogen-bond acceptors (Lipinski definition) is 5. The molecule has 5 rings (SSSR count). The van der Waals surface area contributed by atoms with Gasteiger partial charge >= 0.3 is 0 Å². The lowest BCUT2D eigenvalue weighted by atomic mass is 9.97. The number of aromatic nitrogens is 1. The molecule has 34 heavy (non-hydrogen) atoms. The molecule has 1 aromatic heterocycles. The van der Waals surface area contributed by atoms with Crippen LogP contribution in [0.1, 0.15) is 6.92 Å². The van der Waals surface area contributed by atoms with Crippen molar-refractivity contribution in [2.45, 2.75) is 13.0 Å². The lowest BCUT2D eigenvalue weighted by Crippen LogP contribution is -2.63. The molecule has 1 fully saturated rings. The largest absolute Gasteiger partial charge is 0.507 e. The molecule has 2 aliphatic heterocycles. The Morgan fingerprint density at radius 2 is 2.15 bits per heavy atom. The zero-order valence-corrected chi connectivity index (χ0v) is 19.2. The van der Waals surface area contributed by atoms with Crippen LogP contribution in [0.3, 0.4) is 0 Å². The van der Waals surface area contributed by atoms with Gasteiger partial charge in [-0.2, -0.15) is 0 Å². The summed E-state index contributed by atoms with van der Waals surface area (Å²) in [7, 11) is 0. The number of carbonyl (C=O) groups is 2. The number of anilines is 2. The second kappa shape index (κ2) is 8.29. The Hall–Kier alpha value is -3.65. The van der Waals surface area contributed by atoms with E-state index in [1.165, 1.54) is 24.3 Å². The molecule has 174 valence electrons. The number of halogens is 2. The number of phenolic OH excluding ortho intramolecular Hbond substituents is 1. The molecule has 1 saturated heterocycles. The molecule has 9 heteroatoms. The van der Waals surface area contributed by atoms with Gasteiger partial charge in [0, 0.05) is 35.6 Å². The molecule has 0 unspecified atom stereocenters. The van der Waals surface area contributed by atoms with E-state index in [0.29, 0.717) is 41.8 Å². The lowest BCUT2D eigenvalue weighted by molar-refractivity contribution is -0.128. The molecule has 1 atom stereocenters. The second-order valence-corrected chi connectivity index (χ2v) is 8.66. The zero-order valence-electron chi connectivity index (χ0n) is 18.5. The molecular weight excluding hydrogens is 459 g/mol. The predicted molar refractivity (Wildman–Crippen MR) is 130 cm³/mol. The van der Waals surface area contributed by atoms with Crippen LogP contribution in [-0.2, 0) is 9.59 Å². The summed E-state index contributed by atoms with van der Waals surface area (Å²) in [5.41, 5.74) is 2.35. The van der Waals surface area contributed by atoms with Gasteiger partial charge in [0.1, 0.15) is 17.6 Å². The number of benzene rings is 2. The first-order valence-electron chi connectivity index (χ1n) is 10.9. The fourth-order valence-electron chi connectivity index (χ4n) is 4.87. The highest BCUT2D eigenvalue weighted by molar-refractivity contribution is 6.34. The van der Waals surface area contributed by atoms with Crippen molar-refractivity contribution in [3.63, 3.8) is 0 Å². The van der Waals surface area contributed by atoms with E-state index in [1.807, 2.05) is 11.8 Å². The van der Waals surface area contributed by atoms with Crippen molar-refractivity contribution in [2.24, 2.45) is 0 Å². The summed E-state index contributed by atoms with van der Waals surface area (Å²) < 4.78 is 14.6. The molecule has 2 aromatic carbocycles. The number of carbonyl (C=O) groups excluding carboxylic acids is 2. The van der Waals surface area contributed by atoms with Crippen LogP contribution >= 0.6 is 11.6 Å². The number of amides is 2. The molecule has 0 bridgehead atoms. The summed E-state index contributed by atoms with van der Waals surface area (Å²) >= 11 is 6.61. The van der Waals surface area contributed by atoms with Crippen LogP contribution in [0, 0.1) is 5.82 Å². The van der Waals surface area contributed by atoms with Gasteiger partial charge in [-0.3, -0.25) is 14.6 Å². The van der Waals surface area contributed by atoms with E-state index in [1.54, 1.807) is 28.1 Å². The summed E-state index contributed by atoms with van der Waals surface area (Å²) in [4.78, 5) is 35.4. The van der Waals surface area contributed by atoms with Gasteiger partial charge in [-0.05, 0) is 37.3 Å². The number of hydrogen-bond donors (Lipinski definition) is 1. The summed E-state index contributed by atoms with van der Waals surface area (Å²) in [6.07, 6.45) is 2.89. The Bertz CT molecular complexity index is 1340. The van der Waals surface area contributed by atoms with Gasteiger partial charge in [0.15, 0.2) is 0 Å². The van der Waals surface area contributed by atoms with Crippen molar-refractivity contribution in [2.75, 3.05) is 36.0 Å². The van der Waals surface area contributed by atoms with Gasteiger partial charge in [-0.1, -0.05) is 24.2 Å². The lowest BCUT2D eigenvalue weighted by Gasteiger charge is -2.48. The van der Waals surface area contributed by atoms with E-state index in [-0.39, 0.29) is 34.7 Å². The average molecular weight is 481 g/mol. The van der Waals surface area contributed by atoms with Crippen LogP contribution in [-0.4, -0.2) is 59.0 Å². The van der Waals surface area contributed by atoms with Crippen LogP contribution in [0.5, 0.6) is 5.75 Å². The van der Waals surface area contributed by atoms with E-state index >= 15 is 0 Å². The smallest absolute Gasteiger partial charge is 0.251 e. The van der Waals surface area contributed by atoms with E-state index in [9.17, 15) is 19.1 Å². The minimum absolute atomic E-state index is 0.00807. The first-order chi connectivity index (χ1) is 16.3. The van der Waals surface area contributed by atoms with Gasteiger partial charge < -0.3 is 19.8 Å². The van der Waals surface area contributed by atoms with Crippen molar-refractivity contribution in [3.8, 4) is 16.9 Å². The molecule has 3 heterocycles. The number of piperazine rings is 1.